The van der Waals surface area contributed by atoms with Crippen LogP contribution >= 0.6 is 0 Å². The third kappa shape index (κ3) is 5.28. The molecule has 0 bridgehead atoms. The van der Waals surface area contributed by atoms with Gasteiger partial charge in [-0.15, -0.1) is 10.2 Å². The largest absolute Gasteiger partial charge is 0.379 e. The Morgan fingerprint density at radius 3 is 2.63 bits per heavy atom. The lowest BCUT2D eigenvalue weighted by Gasteiger charge is -2.27. The number of nitrogens with one attached hydrogen (secondary N) is 1. The number of rotatable bonds is 8. The Kier molecular flexibility index (Phi) is 5.94. The molecule has 0 saturated carbocycles. The zero-order chi connectivity index (χ0) is 14.5. The van der Waals surface area contributed by atoms with Gasteiger partial charge in [0.2, 0.25) is 0 Å². The Balaban J connectivity index is 2.36. The van der Waals surface area contributed by atoms with Gasteiger partial charge in [-0.25, -0.2) is 0 Å². The minimum Gasteiger partial charge on any atom is -0.379 e. The van der Waals surface area contributed by atoms with Crippen molar-refractivity contribution < 1.29 is 4.74 Å². The highest BCUT2D eigenvalue weighted by molar-refractivity contribution is 4.89. The lowest BCUT2D eigenvalue weighted by atomic mass is 10.00. The Labute approximate surface area is 116 Å². The molecule has 0 spiro atoms. The molecule has 1 atom stereocenters. The molecule has 0 aliphatic heterocycles. The summed E-state index contributed by atoms with van der Waals surface area (Å²) in [4.78, 5) is 0. The molecule has 1 N–H and O–H groups in total. The SMILES string of the molecule is COC(C)(C)C[C@H](C)NCCc1nncn1C(C)C. The van der Waals surface area contributed by atoms with Gasteiger partial charge >= 0.3 is 0 Å². The zero-order valence-corrected chi connectivity index (χ0v) is 13.1. The average Bonchev–Trinajstić information content (AvgIpc) is 2.77. The molecule has 19 heavy (non-hydrogen) atoms. The fourth-order valence-electron chi connectivity index (χ4n) is 2.20. The molecule has 1 aromatic rings. The normalized spacial score (nSPS) is 14.1. The van der Waals surface area contributed by atoms with Gasteiger partial charge in [-0.3, -0.25) is 0 Å². The molecule has 1 rings (SSSR count). The summed E-state index contributed by atoms with van der Waals surface area (Å²) in [6.45, 7) is 11.6. The molecule has 1 aromatic heterocycles. The molecule has 0 amide bonds. The first kappa shape index (κ1) is 16.1. The first-order valence-corrected chi connectivity index (χ1v) is 7.02. The van der Waals surface area contributed by atoms with Crippen LogP contribution in [0.2, 0.25) is 0 Å². The van der Waals surface area contributed by atoms with Crippen molar-refractivity contribution >= 4 is 0 Å². The van der Waals surface area contributed by atoms with Crippen LogP contribution in [0.1, 0.15) is 52.9 Å². The quantitative estimate of drug-likeness (QED) is 0.785. The van der Waals surface area contributed by atoms with Crippen LogP contribution in [0, 0.1) is 0 Å². The van der Waals surface area contributed by atoms with Crippen LogP contribution in [0.15, 0.2) is 6.33 Å². The van der Waals surface area contributed by atoms with E-state index in [0.29, 0.717) is 12.1 Å². The highest BCUT2D eigenvalue weighted by atomic mass is 16.5. The topological polar surface area (TPSA) is 52.0 Å². The molecule has 5 nitrogen and oxygen atoms in total. The van der Waals surface area contributed by atoms with Gasteiger partial charge in [0.1, 0.15) is 12.2 Å². The first-order valence-electron chi connectivity index (χ1n) is 7.02. The maximum Gasteiger partial charge on any atom is 0.134 e. The van der Waals surface area contributed by atoms with E-state index in [9.17, 15) is 0 Å². The van der Waals surface area contributed by atoms with Crippen molar-refractivity contribution in [3.05, 3.63) is 12.2 Å². The molecule has 0 fully saturated rings. The standard InChI is InChI=1S/C14H28N4O/c1-11(2)18-10-16-17-13(18)7-8-15-12(3)9-14(4,5)19-6/h10-12,15H,7-9H2,1-6H3/t12-/m0/s1. The van der Waals surface area contributed by atoms with E-state index in [1.807, 2.05) is 0 Å². The Morgan fingerprint density at radius 1 is 1.37 bits per heavy atom. The molecule has 0 aliphatic carbocycles. The molecule has 0 aliphatic rings. The lowest BCUT2D eigenvalue weighted by molar-refractivity contribution is 0.00864. The highest BCUT2D eigenvalue weighted by Crippen LogP contribution is 2.15. The summed E-state index contributed by atoms with van der Waals surface area (Å²) in [6.07, 6.45) is 3.69. The number of ether oxygens (including phenoxy) is 1. The van der Waals surface area contributed by atoms with E-state index >= 15 is 0 Å². The number of hydrogen-bond acceptors (Lipinski definition) is 4. The van der Waals surface area contributed by atoms with E-state index in [1.165, 1.54) is 0 Å². The van der Waals surface area contributed by atoms with E-state index in [-0.39, 0.29) is 5.60 Å². The Bertz CT molecular complexity index is 373. The number of hydrogen-bond donors (Lipinski definition) is 1. The van der Waals surface area contributed by atoms with Crippen LogP contribution in [-0.4, -0.2) is 40.1 Å². The monoisotopic (exact) mass is 268 g/mol. The first-order chi connectivity index (χ1) is 8.85. The summed E-state index contributed by atoms with van der Waals surface area (Å²) >= 11 is 0. The van der Waals surface area contributed by atoms with Gasteiger partial charge in [0.15, 0.2) is 0 Å². The highest BCUT2D eigenvalue weighted by Gasteiger charge is 2.19. The summed E-state index contributed by atoms with van der Waals surface area (Å²) in [5.41, 5.74) is -0.0790. The second-order valence-corrected chi connectivity index (χ2v) is 6.02. The van der Waals surface area contributed by atoms with Crippen LogP contribution in [0.4, 0.5) is 0 Å². The maximum absolute atomic E-state index is 5.44. The molecular formula is C14H28N4O. The van der Waals surface area contributed by atoms with Crippen molar-refractivity contribution in [1.82, 2.24) is 20.1 Å². The van der Waals surface area contributed by atoms with Crippen molar-refractivity contribution in [2.75, 3.05) is 13.7 Å². The molecular weight excluding hydrogens is 240 g/mol. The number of nitrogens with zero attached hydrogens (tertiary/aromatic N) is 3. The molecule has 0 aromatic carbocycles. The summed E-state index contributed by atoms with van der Waals surface area (Å²) < 4.78 is 7.56. The maximum atomic E-state index is 5.44. The van der Waals surface area contributed by atoms with E-state index in [0.717, 1.165) is 25.2 Å². The van der Waals surface area contributed by atoms with Gasteiger partial charge in [-0.1, -0.05) is 0 Å². The van der Waals surface area contributed by atoms with Crippen molar-refractivity contribution in [3.8, 4) is 0 Å². The van der Waals surface area contributed by atoms with E-state index in [4.69, 9.17) is 4.74 Å². The van der Waals surface area contributed by atoms with Gasteiger partial charge in [0, 0.05) is 32.2 Å². The van der Waals surface area contributed by atoms with Crippen LogP contribution in [0.3, 0.4) is 0 Å². The van der Waals surface area contributed by atoms with Gasteiger partial charge in [-0.05, 0) is 41.0 Å². The number of aromatic nitrogens is 3. The summed E-state index contributed by atoms with van der Waals surface area (Å²) in [7, 11) is 1.76. The summed E-state index contributed by atoms with van der Waals surface area (Å²) in [5.74, 6) is 1.04. The molecule has 110 valence electrons. The summed E-state index contributed by atoms with van der Waals surface area (Å²) in [5, 5.41) is 11.7. The predicted molar refractivity (Wildman–Crippen MR) is 77.3 cm³/mol. The van der Waals surface area contributed by atoms with Gasteiger partial charge in [0.05, 0.1) is 5.60 Å². The second kappa shape index (κ2) is 7.01. The second-order valence-electron chi connectivity index (χ2n) is 6.02. The van der Waals surface area contributed by atoms with E-state index < -0.39 is 0 Å². The van der Waals surface area contributed by atoms with Crippen LogP contribution in [-0.2, 0) is 11.2 Å². The van der Waals surface area contributed by atoms with Crippen molar-refractivity contribution in [1.29, 1.82) is 0 Å². The van der Waals surface area contributed by atoms with Crippen molar-refractivity contribution in [2.45, 2.75) is 65.1 Å². The van der Waals surface area contributed by atoms with Crippen LogP contribution in [0.5, 0.6) is 0 Å². The lowest BCUT2D eigenvalue weighted by Crippen LogP contribution is -2.36. The van der Waals surface area contributed by atoms with Gasteiger partial charge < -0.3 is 14.6 Å². The number of methoxy groups -OCH3 is 1. The van der Waals surface area contributed by atoms with E-state index in [1.54, 1.807) is 13.4 Å². The third-order valence-corrected chi connectivity index (χ3v) is 3.40. The summed E-state index contributed by atoms with van der Waals surface area (Å²) in [6, 6.07) is 0.834. The zero-order valence-electron chi connectivity index (χ0n) is 13.1. The van der Waals surface area contributed by atoms with Crippen molar-refractivity contribution in [3.63, 3.8) is 0 Å². The average molecular weight is 268 g/mol. The predicted octanol–water partition coefficient (Wildman–Crippen LogP) is 2.19. The van der Waals surface area contributed by atoms with Gasteiger partial charge in [0.25, 0.3) is 0 Å². The van der Waals surface area contributed by atoms with Crippen LogP contribution < -0.4 is 5.32 Å². The van der Waals surface area contributed by atoms with E-state index in [2.05, 4.69) is 54.7 Å². The molecule has 0 unspecified atom stereocenters. The van der Waals surface area contributed by atoms with Crippen molar-refractivity contribution in [2.24, 2.45) is 0 Å². The van der Waals surface area contributed by atoms with Gasteiger partial charge in [-0.2, -0.15) is 0 Å². The molecule has 1 heterocycles. The Morgan fingerprint density at radius 2 is 2.05 bits per heavy atom. The fourth-order valence-corrected chi connectivity index (χ4v) is 2.20. The molecule has 0 radical (unpaired) electrons. The smallest absolute Gasteiger partial charge is 0.134 e. The molecule has 5 heteroatoms. The minimum absolute atomic E-state index is 0.0790. The third-order valence-electron chi connectivity index (χ3n) is 3.40. The Hall–Kier alpha value is -0.940. The minimum atomic E-state index is -0.0790. The fraction of sp³-hybridized carbons (Fsp3) is 0.857. The molecule has 0 saturated heterocycles. The van der Waals surface area contributed by atoms with Crippen LogP contribution in [0.25, 0.3) is 0 Å².